The minimum Gasteiger partial charge on any atom is -0.454 e. The van der Waals surface area contributed by atoms with Gasteiger partial charge in [-0.15, -0.1) is 0 Å². The summed E-state index contributed by atoms with van der Waals surface area (Å²) in [5.41, 5.74) is 2.66. The molecule has 3 rings (SSSR count). The van der Waals surface area contributed by atoms with E-state index in [4.69, 9.17) is 14.2 Å². The molecule has 9 nitrogen and oxygen atoms in total. The molecule has 1 heterocycles. The van der Waals surface area contributed by atoms with Crippen molar-refractivity contribution in [1.82, 2.24) is 0 Å². The lowest BCUT2D eigenvalue weighted by molar-refractivity contribution is -0.385. The molecule has 2 aromatic carbocycles. The van der Waals surface area contributed by atoms with Crippen LogP contribution in [0.15, 0.2) is 24.3 Å². The van der Waals surface area contributed by atoms with Crippen molar-refractivity contribution >= 4 is 23.3 Å². The molecule has 0 aliphatic carbocycles. The number of fused-ring (bicyclic) bond motifs is 1. The van der Waals surface area contributed by atoms with E-state index < -0.39 is 29.1 Å². The van der Waals surface area contributed by atoms with E-state index in [1.807, 2.05) is 32.9 Å². The number of hydrogen-bond acceptors (Lipinski definition) is 7. The summed E-state index contributed by atoms with van der Waals surface area (Å²) in [5, 5.41) is 13.9. The maximum Gasteiger partial charge on any atom is 0.345 e. The number of hydrogen-bond donors (Lipinski definition) is 1. The van der Waals surface area contributed by atoms with Crippen LogP contribution in [0.3, 0.4) is 0 Å². The number of amides is 1. The van der Waals surface area contributed by atoms with Crippen molar-refractivity contribution in [3.05, 3.63) is 56.6 Å². The van der Waals surface area contributed by atoms with Gasteiger partial charge in [-0.25, -0.2) is 4.79 Å². The van der Waals surface area contributed by atoms with Gasteiger partial charge in [-0.1, -0.05) is 17.7 Å². The van der Waals surface area contributed by atoms with Crippen LogP contribution < -0.4 is 14.8 Å². The third-order valence-electron chi connectivity index (χ3n) is 4.18. The average Bonchev–Trinajstić information content (AvgIpc) is 3.09. The lowest BCUT2D eigenvalue weighted by Crippen LogP contribution is -2.22. The molecule has 1 amide bonds. The van der Waals surface area contributed by atoms with Gasteiger partial charge in [-0.05, 0) is 31.9 Å². The second-order valence-electron chi connectivity index (χ2n) is 6.38. The molecule has 0 bridgehead atoms. The van der Waals surface area contributed by atoms with Crippen molar-refractivity contribution in [2.75, 3.05) is 18.7 Å². The Morgan fingerprint density at radius 2 is 1.71 bits per heavy atom. The van der Waals surface area contributed by atoms with E-state index in [0.717, 1.165) is 22.8 Å². The summed E-state index contributed by atoms with van der Waals surface area (Å²) in [5.74, 6) is -1.18. The van der Waals surface area contributed by atoms with Crippen LogP contribution in [0.1, 0.15) is 27.0 Å². The molecule has 0 fully saturated rings. The zero-order chi connectivity index (χ0) is 20.4. The molecule has 0 saturated carbocycles. The fourth-order valence-electron chi connectivity index (χ4n) is 3.01. The number of nitrogens with one attached hydrogen (secondary N) is 1. The monoisotopic (exact) mass is 386 g/mol. The molecule has 9 heteroatoms. The number of benzene rings is 2. The highest BCUT2D eigenvalue weighted by molar-refractivity contribution is 5.98. The predicted molar refractivity (Wildman–Crippen MR) is 98.8 cm³/mol. The van der Waals surface area contributed by atoms with Crippen molar-refractivity contribution in [1.29, 1.82) is 0 Å². The topological polar surface area (TPSA) is 117 Å². The van der Waals surface area contributed by atoms with E-state index in [1.54, 1.807) is 0 Å². The van der Waals surface area contributed by atoms with Gasteiger partial charge in [0.05, 0.1) is 11.0 Å². The van der Waals surface area contributed by atoms with Crippen LogP contribution in [0.5, 0.6) is 11.5 Å². The number of nitro benzene ring substituents is 1. The van der Waals surface area contributed by atoms with E-state index in [0.29, 0.717) is 5.69 Å². The summed E-state index contributed by atoms with van der Waals surface area (Å²) in [6, 6.07) is 6.11. The first-order valence-electron chi connectivity index (χ1n) is 8.39. The third-order valence-corrected chi connectivity index (χ3v) is 4.18. The van der Waals surface area contributed by atoms with Gasteiger partial charge < -0.3 is 19.5 Å². The van der Waals surface area contributed by atoms with Crippen molar-refractivity contribution in [3.8, 4) is 11.5 Å². The highest BCUT2D eigenvalue weighted by Crippen LogP contribution is 2.38. The summed E-state index contributed by atoms with van der Waals surface area (Å²) in [4.78, 5) is 35.0. The van der Waals surface area contributed by atoms with Gasteiger partial charge in [0.1, 0.15) is 5.56 Å². The summed E-state index contributed by atoms with van der Waals surface area (Å²) in [7, 11) is 0. The third kappa shape index (κ3) is 3.88. The Morgan fingerprint density at radius 3 is 2.32 bits per heavy atom. The number of rotatable bonds is 5. The van der Waals surface area contributed by atoms with Crippen LogP contribution in [0.25, 0.3) is 0 Å². The Kier molecular flexibility index (Phi) is 5.16. The molecule has 1 aliphatic heterocycles. The van der Waals surface area contributed by atoms with E-state index in [-0.39, 0.29) is 23.9 Å². The first-order chi connectivity index (χ1) is 13.3. The number of nitrogens with zero attached hydrogens (tertiary/aromatic N) is 1. The number of esters is 1. The van der Waals surface area contributed by atoms with Crippen LogP contribution in [0, 0.1) is 30.9 Å². The average molecular weight is 386 g/mol. The normalized spacial score (nSPS) is 11.8. The van der Waals surface area contributed by atoms with Crippen LogP contribution in [-0.2, 0) is 9.53 Å². The first kappa shape index (κ1) is 19.2. The Balaban J connectivity index is 1.71. The van der Waals surface area contributed by atoms with Crippen molar-refractivity contribution < 1.29 is 28.7 Å². The van der Waals surface area contributed by atoms with Crippen LogP contribution in [0.2, 0.25) is 0 Å². The fraction of sp³-hybridized carbons (Fsp3) is 0.263. The van der Waals surface area contributed by atoms with Gasteiger partial charge >= 0.3 is 5.97 Å². The number of aryl methyl sites for hydroxylation is 3. The van der Waals surface area contributed by atoms with Gasteiger partial charge in [0.15, 0.2) is 18.1 Å². The van der Waals surface area contributed by atoms with E-state index in [1.165, 1.54) is 6.07 Å². The SMILES string of the molecule is Cc1cc(C)c(NC(=O)COC(=O)c2cc3c(cc2[N+](=O)[O-])OCO3)c(C)c1. The van der Waals surface area contributed by atoms with Gasteiger partial charge in [0.25, 0.3) is 11.6 Å². The largest absolute Gasteiger partial charge is 0.454 e. The molecule has 1 aliphatic rings. The second kappa shape index (κ2) is 7.55. The summed E-state index contributed by atoms with van der Waals surface area (Å²) >= 11 is 0. The number of anilines is 1. The lowest BCUT2D eigenvalue weighted by Gasteiger charge is -2.13. The lowest BCUT2D eigenvalue weighted by atomic mass is 10.1. The van der Waals surface area contributed by atoms with E-state index in [2.05, 4.69) is 5.32 Å². The minimum atomic E-state index is -1.00. The van der Waals surface area contributed by atoms with Gasteiger partial charge in [-0.3, -0.25) is 14.9 Å². The number of nitro groups is 1. The molecule has 2 aromatic rings. The zero-order valence-electron chi connectivity index (χ0n) is 15.5. The van der Waals surface area contributed by atoms with Crippen LogP contribution >= 0.6 is 0 Å². The Morgan fingerprint density at radius 1 is 1.11 bits per heavy atom. The van der Waals surface area contributed by atoms with Gasteiger partial charge in [0, 0.05) is 11.8 Å². The van der Waals surface area contributed by atoms with E-state index in [9.17, 15) is 19.7 Å². The van der Waals surface area contributed by atoms with Crippen molar-refractivity contribution in [2.45, 2.75) is 20.8 Å². The van der Waals surface area contributed by atoms with Crippen LogP contribution in [-0.4, -0.2) is 30.2 Å². The Hall–Kier alpha value is -3.62. The summed E-state index contributed by atoms with van der Waals surface area (Å²) in [6.45, 7) is 4.99. The molecule has 0 spiro atoms. The molecule has 1 N–H and O–H groups in total. The van der Waals surface area contributed by atoms with Crippen molar-refractivity contribution in [2.24, 2.45) is 0 Å². The highest BCUT2D eigenvalue weighted by Gasteiger charge is 2.28. The maximum absolute atomic E-state index is 12.3. The minimum absolute atomic E-state index is 0.0946. The molecule has 146 valence electrons. The molecule has 0 aromatic heterocycles. The molecule has 28 heavy (non-hydrogen) atoms. The number of carbonyl (C=O) groups is 2. The summed E-state index contributed by atoms with van der Waals surface area (Å²) < 4.78 is 15.2. The Bertz CT molecular complexity index is 961. The second-order valence-corrected chi connectivity index (χ2v) is 6.38. The first-order valence-corrected chi connectivity index (χ1v) is 8.39. The molecule has 0 radical (unpaired) electrons. The Labute approximate surface area is 160 Å². The fourth-order valence-corrected chi connectivity index (χ4v) is 3.01. The quantitative estimate of drug-likeness (QED) is 0.477. The van der Waals surface area contributed by atoms with Gasteiger partial charge in [0.2, 0.25) is 6.79 Å². The van der Waals surface area contributed by atoms with Gasteiger partial charge in [-0.2, -0.15) is 0 Å². The highest BCUT2D eigenvalue weighted by atomic mass is 16.7. The van der Waals surface area contributed by atoms with E-state index >= 15 is 0 Å². The zero-order valence-corrected chi connectivity index (χ0v) is 15.5. The maximum atomic E-state index is 12.3. The molecule has 0 unspecified atom stereocenters. The molecular formula is C19H18N2O7. The standard InChI is InChI=1S/C19H18N2O7/c1-10-4-11(2)18(12(3)5-10)20-17(22)8-26-19(23)13-6-15-16(28-9-27-15)7-14(13)21(24)25/h4-7H,8-9H2,1-3H3,(H,20,22). The smallest absolute Gasteiger partial charge is 0.345 e. The summed E-state index contributed by atoms with van der Waals surface area (Å²) in [6.07, 6.45) is 0. The number of ether oxygens (including phenoxy) is 3. The predicted octanol–water partition coefficient (Wildman–Crippen LogP) is 3.04. The van der Waals surface area contributed by atoms with Crippen molar-refractivity contribution in [3.63, 3.8) is 0 Å². The molecule has 0 saturated heterocycles. The molecule has 0 atom stereocenters. The number of carbonyl (C=O) groups excluding carboxylic acids is 2. The van der Waals surface area contributed by atoms with Crippen LogP contribution in [0.4, 0.5) is 11.4 Å². The molecular weight excluding hydrogens is 368 g/mol.